The van der Waals surface area contributed by atoms with Crippen LogP contribution in [0.25, 0.3) is 0 Å². The van der Waals surface area contributed by atoms with E-state index in [1.807, 2.05) is 0 Å². The highest BCUT2D eigenvalue weighted by molar-refractivity contribution is 6.19. The molecule has 6 heteroatoms. The van der Waals surface area contributed by atoms with Gasteiger partial charge in [0.1, 0.15) is 0 Å². The van der Waals surface area contributed by atoms with Crippen LogP contribution in [0.5, 0.6) is 0 Å². The van der Waals surface area contributed by atoms with E-state index in [1.54, 1.807) is 0 Å². The van der Waals surface area contributed by atoms with Crippen molar-refractivity contribution in [2.24, 2.45) is 0 Å². The summed E-state index contributed by atoms with van der Waals surface area (Å²) >= 11 is 0. The molecular formula is C8H15NO5. The number of nitrogens with zero attached hydrogens (tertiary/aromatic N) is 1. The van der Waals surface area contributed by atoms with Gasteiger partial charge in [0.15, 0.2) is 0 Å². The second-order valence-electron chi connectivity index (χ2n) is 2.43. The lowest BCUT2D eigenvalue weighted by Gasteiger charge is -2.05. The van der Waals surface area contributed by atoms with Gasteiger partial charge in [-0.15, -0.1) is 0 Å². The maximum atomic E-state index is 9.77. The van der Waals surface area contributed by atoms with Crippen molar-refractivity contribution in [1.29, 1.82) is 0 Å². The minimum Gasteiger partial charge on any atom is -0.476 e. The van der Waals surface area contributed by atoms with E-state index in [0.29, 0.717) is 18.0 Å². The fourth-order valence-electron chi connectivity index (χ4n) is 0.577. The third-order valence-corrected chi connectivity index (χ3v) is 1.21. The van der Waals surface area contributed by atoms with E-state index in [4.69, 9.17) is 19.9 Å². The van der Waals surface area contributed by atoms with E-state index in [1.165, 1.54) is 0 Å². The fraction of sp³-hybridized carbons (Fsp3) is 0.625. The molecule has 0 heterocycles. The Morgan fingerprint density at radius 3 is 2.14 bits per heavy atom. The van der Waals surface area contributed by atoms with Crippen molar-refractivity contribution in [1.82, 2.24) is 5.06 Å². The van der Waals surface area contributed by atoms with Crippen LogP contribution in [0.15, 0.2) is 0 Å². The first-order valence-electron chi connectivity index (χ1n) is 4.17. The van der Waals surface area contributed by atoms with Gasteiger partial charge in [-0.2, -0.15) is 0 Å². The molecule has 0 bridgehead atoms. The zero-order chi connectivity index (χ0) is 11.4. The summed E-state index contributed by atoms with van der Waals surface area (Å²) in [6, 6.07) is 0. The normalized spacial score (nSPS) is 8.14. The van der Waals surface area contributed by atoms with Gasteiger partial charge in [0, 0.05) is 6.54 Å². The van der Waals surface area contributed by atoms with Gasteiger partial charge in [0.25, 0.3) is 0 Å². The summed E-state index contributed by atoms with van der Waals surface area (Å²) in [5, 5.41) is 16.6. The summed E-state index contributed by atoms with van der Waals surface area (Å²) in [4.78, 5) is 27.7. The van der Waals surface area contributed by atoms with Crippen molar-refractivity contribution in [2.75, 3.05) is 6.54 Å². The molecule has 0 spiro atoms. The molecule has 0 aliphatic heterocycles. The van der Waals surface area contributed by atoms with Gasteiger partial charge in [-0.1, -0.05) is 19.8 Å². The van der Waals surface area contributed by atoms with Gasteiger partial charge >= 0.3 is 5.97 Å². The zero-order valence-electron chi connectivity index (χ0n) is 8.05. The lowest BCUT2D eigenvalue weighted by molar-refractivity contribution is -0.149. The largest absolute Gasteiger partial charge is 0.476 e. The van der Waals surface area contributed by atoms with E-state index in [2.05, 4.69) is 6.92 Å². The summed E-state index contributed by atoms with van der Waals surface area (Å²) in [5.41, 5.74) is 0. The summed E-state index contributed by atoms with van der Waals surface area (Å²) in [7, 11) is 0. The third-order valence-electron chi connectivity index (χ3n) is 1.21. The van der Waals surface area contributed by atoms with Gasteiger partial charge in [0.2, 0.25) is 12.7 Å². The topological polar surface area (TPSA) is 94.9 Å². The van der Waals surface area contributed by atoms with Gasteiger partial charge in [-0.25, -0.2) is 9.86 Å². The lowest BCUT2D eigenvalue weighted by Crippen LogP contribution is -2.17. The molecule has 82 valence electrons. The molecule has 0 saturated heterocycles. The van der Waals surface area contributed by atoms with Crippen LogP contribution in [0.1, 0.15) is 26.2 Å². The molecule has 2 N–H and O–H groups in total. The molecule has 0 unspecified atom stereocenters. The van der Waals surface area contributed by atoms with Crippen molar-refractivity contribution < 1.29 is 24.7 Å². The first kappa shape index (κ1) is 15.1. The number of rotatable bonds is 6. The minimum atomic E-state index is -1.43. The van der Waals surface area contributed by atoms with Crippen LogP contribution in [-0.4, -0.2) is 40.6 Å². The zero-order valence-corrected chi connectivity index (χ0v) is 8.05. The molecule has 0 saturated carbocycles. The number of carbonyl (C=O) groups excluding carboxylic acids is 2. The highest BCUT2D eigenvalue weighted by atomic mass is 16.5. The number of unbranched alkanes of at least 4 members (excludes halogenated alkanes) is 2. The Balaban J connectivity index is 0. The number of carboxylic acids is 1. The van der Waals surface area contributed by atoms with Gasteiger partial charge in [0.05, 0.1) is 0 Å². The Labute approximate surface area is 82.1 Å². The number of aldehydes is 1. The van der Waals surface area contributed by atoms with Crippen molar-refractivity contribution in [3.05, 3.63) is 0 Å². The Bertz CT molecular complexity index is 171. The number of carbonyl (C=O) groups is 3. The molecule has 0 aromatic heterocycles. The fourth-order valence-corrected chi connectivity index (χ4v) is 0.577. The summed E-state index contributed by atoms with van der Waals surface area (Å²) < 4.78 is 0. The smallest absolute Gasteiger partial charge is 0.368 e. The van der Waals surface area contributed by atoms with Crippen molar-refractivity contribution >= 4 is 18.7 Å². The highest BCUT2D eigenvalue weighted by Crippen LogP contribution is 1.93. The Kier molecular flexibility index (Phi) is 12.4. The Hall–Kier alpha value is -1.43. The lowest BCUT2D eigenvalue weighted by atomic mass is 10.2. The standard InChI is InChI=1S/C6H13NO2.C2H2O3/c1-2-3-4-5-7(9)6-8;3-1-2(4)5/h6,9H,2-5H2,1H3;1H,(H,4,5). The molecule has 0 atom stereocenters. The van der Waals surface area contributed by atoms with Crippen LogP contribution in [0, 0.1) is 0 Å². The highest BCUT2D eigenvalue weighted by Gasteiger charge is 1.92. The van der Waals surface area contributed by atoms with Crippen molar-refractivity contribution in [3.63, 3.8) is 0 Å². The maximum Gasteiger partial charge on any atom is 0.368 e. The van der Waals surface area contributed by atoms with Crippen LogP contribution >= 0.6 is 0 Å². The van der Waals surface area contributed by atoms with E-state index in [0.717, 1.165) is 19.3 Å². The number of carboxylic acid groups (broad SMARTS) is 1. The third kappa shape index (κ3) is 16.9. The number of hydrogen-bond acceptors (Lipinski definition) is 4. The Morgan fingerprint density at radius 1 is 1.36 bits per heavy atom. The molecule has 0 aliphatic rings. The number of amides is 1. The van der Waals surface area contributed by atoms with Crippen LogP contribution in [0.3, 0.4) is 0 Å². The second-order valence-corrected chi connectivity index (χ2v) is 2.43. The SMILES string of the molecule is CCCCCN(O)C=O.O=CC(=O)O. The quantitative estimate of drug-likeness (QED) is 0.214. The molecule has 14 heavy (non-hydrogen) atoms. The molecule has 0 radical (unpaired) electrons. The predicted octanol–water partition coefficient (Wildman–Crippen LogP) is 0.294. The van der Waals surface area contributed by atoms with E-state index >= 15 is 0 Å². The minimum absolute atomic E-state index is 0.167. The Morgan fingerprint density at radius 2 is 1.86 bits per heavy atom. The molecule has 1 amide bonds. The van der Waals surface area contributed by atoms with Gasteiger partial charge in [-0.05, 0) is 6.42 Å². The van der Waals surface area contributed by atoms with Crippen LogP contribution in [0.2, 0.25) is 0 Å². The predicted molar refractivity (Wildman–Crippen MR) is 47.8 cm³/mol. The molecule has 6 nitrogen and oxygen atoms in total. The van der Waals surface area contributed by atoms with Crippen molar-refractivity contribution in [2.45, 2.75) is 26.2 Å². The molecule has 0 fully saturated rings. The first-order valence-corrected chi connectivity index (χ1v) is 4.17. The van der Waals surface area contributed by atoms with Gasteiger partial charge < -0.3 is 5.11 Å². The van der Waals surface area contributed by atoms with Crippen LogP contribution < -0.4 is 0 Å². The maximum absolute atomic E-state index is 9.77. The van der Waals surface area contributed by atoms with Gasteiger partial charge in [-0.3, -0.25) is 14.8 Å². The summed E-state index contributed by atoms with van der Waals surface area (Å²) in [6.45, 7) is 2.53. The molecule has 0 aliphatic carbocycles. The number of hydroxylamine groups is 2. The second kappa shape index (κ2) is 11.6. The molecule has 0 rings (SSSR count). The molecular weight excluding hydrogens is 190 g/mol. The average molecular weight is 205 g/mol. The van der Waals surface area contributed by atoms with Crippen LogP contribution in [-0.2, 0) is 14.4 Å². The van der Waals surface area contributed by atoms with E-state index in [-0.39, 0.29) is 6.29 Å². The summed E-state index contributed by atoms with van der Waals surface area (Å²) in [6.07, 6.45) is 3.30. The average Bonchev–Trinajstić information content (AvgIpc) is 2.19. The van der Waals surface area contributed by atoms with Crippen LogP contribution in [0.4, 0.5) is 0 Å². The van der Waals surface area contributed by atoms with Crippen molar-refractivity contribution in [3.8, 4) is 0 Å². The number of hydrogen-bond donors (Lipinski definition) is 2. The summed E-state index contributed by atoms with van der Waals surface area (Å²) in [5.74, 6) is -1.43. The molecule has 0 aromatic carbocycles. The van der Waals surface area contributed by atoms with E-state index < -0.39 is 5.97 Å². The first-order chi connectivity index (χ1) is 6.58. The number of aliphatic carboxylic acids is 1. The van der Waals surface area contributed by atoms with E-state index in [9.17, 15) is 4.79 Å². The molecule has 0 aromatic rings. The monoisotopic (exact) mass is 205 g/mol.